The van der Waals surface area contributed by atoms with Crippen molar-refractivity contribution in [3.8, 4) is 17.0 Å². The van der Waals surface area contributed by atoms with Crippen molar-refractivity contribution in [2.24, 2.45) is 0 Å². The maximum absolute atomic E-state index is 13.7. The lowest BCUT2D eigenvalue weighted by Gasteiger charge is -2.20. The number of hydrogen-bond acceptors (Lipinski definition) is 3. The first-order chi connectivity index (χ1) is 12.7. The molecule has 1 aliphatic rings. The molecule has 1 aliphatic carbocycles. The molecule has 0 radical (unpaired) electrons. The average Bonchev–Trinajstić information content (AvgIpc) is 2.69. The Morgan fingerprint density at radius 3 is 2.65 bits per heavy atom. The molecule has 0 unspecified atom stereocenters. The Labute approximate surface area is 150 Å². The number of aryl methyl sites for hydroxylation is 1. The van der Waals surface area contributed by atoms with Gasteiger partial charge in [0.1, 0.15) is 6.61 Å². The molecule has 2 aromatic heterocycles. The van der Waals surface area contributed by atoms with Gasteiger partial charge >= 0.3 is 0 Å². The van der Waals surface area contributed by atoms with Gasteiger partial charge in [-0.25, -0.2) is 13.8 Å². The molecule has 132 valence electrons. The Kier molecular flexibility index (Phi) is 4.61. The number of rotatable bonds is 4. The number of halogens is 2. The van der Waals surface area contributed by atoms with Gasteiger partial charge in [-0.3, -0.25) is 4.98 Å². The SMILES string of the molecule is Fc1ccc(-c2cc(OCc3ccccn3)nc3c2CCCC3)cc1F. The van der Waals surface area contributed by atoms with E-state index in [9.17, 15) is 8.78 Å². The van der Waals surface area contributed by atoms with Crippen LogP contribution in [0, 0.1) is 11.6 Å². The normalized spacial score (nSPS) is 13.3. The van der Waals surface area contributed by atoms with Crippen LogP contribution in [0.5, 0.6) is 5.88 Å². The van der Waals surface area contributed by atoms with Gasteiger partial charge in [0.25, 0.3) is 0 Å². The van der Waals surface area contributed by atoms with Crippen LogP contribution in [0.4, 0.5) is 8.78 Å². The summed E-state index contributed by atoms with van der Waals surface area (Å²) in [6.07, 6.45) is 5.61. The van der Waals surface area contributed by atoms with Crippen LogP contribution >= 0.6 is 0 Å². The molecule has 0 spiro atoms. The van der Waals surface area contributed by atoms with Crippen LogP contribution in [-0.4, -0.2) is 9.97 Å². The Hall–Kier alpha value is -2.82. The number of benzene rings is 1. The topological polar surface area (TPSA) is 35.0 Å². The van der Waals surface area contributed by atoms with Gasteiger partial charge in [0.2, 0.25) is 5.88 Å². The third kappa shape index (κ3) is 3.43. The minimum absolute atomic E-state index is 0.309. The molecular weight excluding hydrogens is 334 g/mol. The molecule has 0 fully saturated rings. The Morgan fingerprint density at radius 2 is 1.85 bits per heavy atom. The fourth-order valence-corrected chi connectivity index (χ4v) is 3.31. The zero-order valence-electron chi connectivity index (χ0n) is 14.2. The molecule has 0 atom stereocenters. The van der Waals surface area contributed by atoms with Crippen LogP contribution in [0.25, 0.3) is 11.1 Å². The van der Waals surface area contributed by atoms with Gasteiger partial charge in [0.05, 0.1) is 5.69 Å². The lowest BCUT2D eigenvalue weighted by molar-refractivity contribution is 0.288. The number of nitrogens with zero attached hydrogens (tertiary/aromatic N) is 2. The second kappa shape index (κ2) is 7.20. The number of fused-ring (bicyclic) bond motifs is 1. The first kappa shape index (κ1) is 16.6. The molecule has 1 aromatic carbocycles. The summed E-state index contributed by atoms with van der Waals surface area (Å²) in [5, 5.41) is 0. The third-order valence-corrected chi connectivity index (χ3v) is 4.60. The molecule has 2 heterocycles. The monoisotopic (exact) mass is 352 g/mol. The van der Waals surface area contributed by atoms with Crippen LogP contribution in [-0.2, 0) is 19.4 Å². The number of pyridine rings is 2. The van der Waals surface area contributed by atoms with E-state index in [0.717, 1.165) is 54.3 Å². The molecule has 5 heteroatoms. The van der Waals surface area contributed by atoms with Gasteiger partial charge in [-0.1, -0.05) is 12.1 Å². The van der Waals surface area contributed by atoms with Crippen molar-refractivity contribution in [3.05, 3.63) is 77.2 Å². The largest absolute Gasteiger partial charge is 0.471 e. The highest BCUT2D eigenvalue weighted by atomic mass is 19.2. The van der Waals surface area contributed by atoms with Gasteiger partial charge in [0.15, 0.2) is 11.6 Å². The van der Waals surface area contributed by atoms with E-state index in [1.54, 1.807) is 12.3 Å². The van der Waals surface area contributed by atoms with Crippen LogP contribution < -0.4 is 4.74 Å². The molecule has 0 saturated heterocycles. The molecule has 0 amide bonds. The average molecular weight is 352 g/mol. The minimum Gasteiger partial charge on any atom is -0.471 e. The van der Waals surface area contributed by atoms with E-state index >= 15 is 0 Å². The molecule has 3 aromatic rings. The summed E-state index contributed by atoms with van der Waals surface area (Å²) in [6.45, 7) is 0.309. The fraction of sp³-hybridized carbons (Fsp3) is 0.238. The second-order valence-corrected chi connectivity index (χ2v) is 6.38. The lowest BCUT2D eigenvalue weighted by Crippen LogP contribution is -2.09. The summed E-state index contributed by atoms with van der Waals surface area (Å²) in [4.78, 5) is 8.88. The summed E-state index contributed by atoms with van der Waals surface area (Å²) < 4.78 is 32.9. The zero-order valence-corrected chi connectivity index (χ0v) is 14.2. The van der Waals surface area contributed by atoms with Crippen molar-refractivity contribution in [1.29, 1.82) is 0 Å². The predicted octanol–water partition coefficient (Wildman–Crippen LogP) is 4.88. The van der Waals surface area contributed by atoms with Crippen molar-refractivity contribution in [3.63, 3.8) is 0 Å². The molecule has 0 bridgehead atoms. The first-order valence-electron chi connectivity index (χ1n) is 8.71. The van der Waals surface area contributed by atoms with Crippen molar-refractivity contribution in [2.75, 3.05) is 0 Å². The first-order valence-corrected chi connectivity index (χ1v) is 8.71. The fourth-order valence-electron chi connectivity index (χ4n) is 3.31. The Balaban J connectivity index is 1.71. The molecule has 0 N–H and O–H groups in total. The minimum atomic E-state index is -0.847. The predicted molar refractivity (Wildman–Crippen MR) is 94.8 cm³/mol. The van der Waals surface area contributed by atoms with Crippen LogP contribution in [0.15, 0.2) is 48.7 Å². The second-order valence-electron chi connectivity index (χ2n) is 6.38. The van der Waals surface area contributed by atoms with Crippen LogP contribution in [0.3, 0.4) is 0 Å². The van der Waals surface area contributed by atoms with Crippen molar-refractivity contribution in [1.82, 2.24) is 9.97 Å². The van der Waals surface area contributed by atoms with Gasteiger partial charge in [-0.15, -0.1) is 0 Å². The summed E-state index contributed by atoms with van der Waals surface area (Å²) >= 11 is 0. The maximum atomic E-state index is 13.7. The van der Waals surface area contributed by atoms with Crippen LogP contribution in [0.1, 0.15) is 29.8 Å². The third-order valence-electron chi connectivity index (χ3n) is 4.60. The summed E-state index contributed by atoms with van der Waals surface area (Å²) in [5.41, 5.74) is 4.40. The van der Waals surface area contributed by atoms with E-state index in [-0.39, 0.29) is 0 Å². The molecule has 3 nitrogen and oxygen atoms in total. The van der Waals surface area contributed by atoms with Crippen molar-refractivity contribution < 1.29 is 13.5 Å². The number of ether oxygens (including phenoxy) is 1. The summed E-state index contributed by atoms with van der Waals surface area (Å²) in [5.74, 6) is -1.21. The van der Waals surface area contributed by atoms with E-state index in [1.165, 1.54) is 6.07 Å². The van der Waals surface area contributed by atoms with Crippen molar-refractivity contribution >= 4 is 0 Å². The smallest absolute Gasteiger partial charge is 0.214 e. The Morgan fingerprint density at radius 1 is 0.962 bits per heavy atom. The number of hydrogen-bond donors (Lipinski definition) is 0. The van der Waals surface area contributed by atoms with E-state index in [2.05, 4.69) is 9.97 Å². The summed E-state index contributed by atoms with van der Waals surface area (Å²) in [7, 11) is 0. The highest BCUT2D eigenvalue weighted by molar-refractivity contribution is 5.69. The van der Waals surface area contributed by atoms with E-state index in [1.807, 2.05) is 24.3 Å². The molecule has 0 saturated carbocycles. The van der Waals surface area contributed by atoms with E-state index in [4.69, 9.17) is 4.74 Å². The molecule has 0 aliphatic heterocycles. The summed E-state index contributed by atoms with van der Waals surface area (Å²) in [6, 6.07) is 11.5. The van der Waals surface area contributed by atoms with Gasteiger partial charge in [-0.2, -0.15) is 0 Å². The van der Waals surface area contributed by atoms with E-state index in [0.29, 0.717) is 18.1 Å². The van der Waals surface area contributed by atoms with Crippen molar-refractivity contribution in [2.45, 2.75) is 32.3 Å². The maximum Gasteiger partial charge on any atom is 0.214 e. The van der Waals surface area contributed by atoms with Gasteiger partial charge in [-0.05, 0) is 66.6 Å². The zero-order chi connectivity index (χ0) is 17.9. The molecule has 26 heavy (non-hydrogen) atoms. The van der Waals surface area contributed by atoms with Gasteiger partial charge < -0.3 is 4.74 Å². The lowest BCUT2D eigenvalue weighted by atomic mass is 9.89. The molecule has 4 rings (SSSR count). The quantitative estimate of drug-likeness (QED) is 0.671. The van der Waals surface area contributed by atoms with Crippen LogP contribution in [0.2, 0.25) is 0 Å². The Bertz CT molecular complexity index is 929. The highest BCUT2D eigenvalue weighted by Crippen LogP contribution is 2.34. The highest BCUT2D eigenvalue weighted by Gasteiger charge is 2.19. The standard InChI is InChI=1S/C21H18F2N2O/c22-18-9-8-14(11-19(18)23)17-12-21(25-20-7-2-1-6-16(17)20)26-13-15-5-3-4-10-24-15/h3-5,8-12H,1-2,6-7,13H2. The van der Waals surface area contributed by atoms with E-state index < -0.39 is 11.6 Å². The van der Waals surface area contributed by atoms with Gasteiger partial charge in [0, 0.05) is 18.0 Å². The number of aromatic nitrogens is 2. The molecular formula is C21H18F2N2O.